The summed E-state index contributed by atoms with van der Waals surface area (Å²) in [6.45, 7) is 1.33. The van der Waals surface area contributed by atoms with E-state index in [4.69, 9.17) is 21.1 Å². The van der Waals surface area contributed by atoms with Crippen molar-refractivity contribution in [2.45, 2.75) is 17.9 Å². The lowest BCUT2D eigenvalue weighted by molar-refractivity contribution is -0.118. The van der Waals surface area contributed by atoms with Gasteiger partial charge in [-0.1, -0.05) is 54.1 Å². The summed E-state index contributed by atoms with van der Waals surface area (Å²) < 4.78 is 38.2. The Morgan fingerprint density at radius 3 is 2.35 bits per heavy atom. The van der Waals surface area contributed by atoms with Crippen LogP contribution < -0.4 is 14.8 Å². The van der Waals surface area contributed by atoms with Crippen LogP contribution in [-0.2, 0) is 19.6 Å². The zero-order chi connectivity index (χ0) is 24.7. The van der Waals surface area contributed by atoms with Crippen LogP contribution in [-0.4, -0.2) is 34.0 Å². The van der Waals surface area contributed by atoms with Gasteiger partial charge in [0, 0.05) is 6.04 Å². The van der Waals surface area contributed by atoms with E-state index in [9.17, 15) is 18.0 Å². The molecule has 0 aliphatic heterocycles. The molecular formula is C24H23ClN2O6S. The number of nitrogens with one attached hydrogen (secondary N) is 2. The quantitative estimate of drug-likeness (QED) is 0.424. The van der Waals surface area contributed by atoms with E-state index < -0.39 is 34.5 Å². The molecule has 0 aliphatic carbocycles. The van der Waals surface area contributed by atoms with Gasteiger partial charge in [0.1, 0.15) is 5.75 Å². The average molecular weight is 503 g/mol. The first-order chi connectivity index (χ1) is 16.2. The molecule has 3 aromatic carbocycles. The molecule has 0 unspecified atom stereocenters. The number of ether oxygens (including phenoxy) is 2. The van der Waals surface area contributed by atoms with E-state index in [2.05, 4.69) is 10.0 Å². The van der Waals surface area contributed by atoms with Gasteiger partial charge in [0.25, 0.3) is 5.91 Å². The van der Waals surface area contributed by atoms with Crippen molar-refractivity contribution in [1.29, 1.82) is 0 Å². The maximum absolute atomic E-state index is 12.7. The zero-order valence-corrected chi connectivity index (χ0v) is 20.0. The topological polar surface area (TPSA) is 111 Å². The lowest BCUT2D eigenvalue weighted by Gasteiger charge is -2.15. The van der Waals surface area contributed by atoms with Crippen LogP contribution in [0.4, 0.5) is 5.69 Å². The number of sulfonamides is 1. The second-order valence-electron chi connectivity index (χ2n) is 7.22. The van der Waals surface area contributed by atoms with E-state index >= 15 is 0 Å². The number of carbonyl (C=O) groups excluding carboxylic acids is 2. The molecule has 0 spiro atoms. The van der Waals surface area contributed by atoms with E-state index in [0.717, 1.165) is 5.56 Å². The summed E-state index contributed by atoms with van der Waals surface area (Å²) in [5.41, 5.74) is 1.29. The first-order valence-electron chi connectivity index (χ1n) is 10.2. The van der Waals surface area contributed by atoms with Gasteiger partial charge < -0.3 is 14.8 Å². The van der Waals surface area contributed by atoms with Crippen molar-refractivity contribution in [2.24, 2.45) is 0 Å². The number of benzene rings is 3. The Morgan fingerprint density at radius 1 is 1.00 bits per heavy atom. The number of esters is 1. The van der Waals surface area contributed by atoms with Crippen LogP contribution in [0.25, 0.3) is 0 Å². The van der Waals surface area contributed by atoms with Gasteiger partial charge in [-0.05, 0) is 42.8 Å². The number of methoxy groups -OCH3 is 1. The summed E-state index contributed by atoms with van der Waals surface area (Å²) in [7, 11) is -2.60. The molecule has 0 fully saturated rings. The first-order valence-corrected chi connectivity index (χ1v) is 12.0. The molecule has 2 N–H and O–H groups in total. The van der Waals surface area contributed by atoms with Crippen LogP contribution in [0.5, 0.6) is 5.75 Å². The minimum Gasteiger partial charge on any atom is -0.482 e. The monoisotopic (exact) mass is 502 g/mol. The van der Waals surface area contributed by atoms with Crippen molar-refractivity contribution in [3.63, 3.8) is 0 Å². The highest BCUT2D eigenvalue weighted by Crippen LogP contribution is 2.28. The molecule has 34 heavy (non-hydrogen) atoms. The molecule has 8 nitrogen and oxygen atoms in total. The van der Waals surface area contributed by atoms with Crippen molar-refractivity contribution < 1.29 is 27.5 Å². The van der Waals surface area contributed by atoms with Crippen LogP contribution >= 0.6 is 11.6 Å². The molecule has 1 atom stereocenters. The van der Waals surface area contributed by atoms with E-state index in [0.29, 0.717) is 0 Å². The Morgan fingerprint density at radius 2 is 1.68 bits per heavy atom. The minimum absolute atomic E-state index is 0.0259. The number of hydrogen-bond donors (Lipinski definition) is 2. The van der Waals surface area contributed by atoms with Crippen LogP contribution in [0, 0.1) is 0 Å². The highest BCUT2D eigenvalue weighted by Gasteiger charge is 2.20. The van der Waals surface area contributed by atoms with Gasteiger partial charge in [0.15, 0.2) is 6.61 Å². The molecule has 0 radical (unpaired) electrons. The SMILES string of the molecule is COC(=O)c1ccccc1NC(=O)COc1ccc(S(=O)(=O)N[C@@H](C)c2ccccc2)cc1Cl. The molecule has 0 saturated carbocycles. The summed E-state index contributed by atoms with van der Waals surface area (Å²) in [5, 5.41) is 2.60. The van der Waals surface area contributed by atoms with Crippen LogP contribution in [0.2, 0.25) is 5.02 Å². The lowest BCUT2D eigenvalue weighted by atomic mass is 10.1. The van der Waals surface area contributed by atoms with Crippen molar-refractivity contribution in [3.05, 3.63) is 88.9 Å². The van der Waals surface area contributed by atoms with E-state index in [1.807, 2.05) is 30.3 Å². The fraction of sp³-hybridized carbons (Fsp3) is 0.167. The highest BCUT2D eigenvalue weighted by molar-refractivity contribution is 7.89. The number of halogens is 1. The molecule has 178 valence electrons. The molecule has 0 saturated heterocycles. The molecule has 0 aliphatic rings. The Labute approximate surface area is 202 Å². The number of amides is 1. The van der Waals surface area contributed by atoms with E-state index in [1.54, 1.807) is 25.1 Å². The number of carbonyl (C=O) groups is 2. The van der Waals surface area contributed by atoms with E-state index in [1.165, 1.54) is 31.4 Å². The second kappa shape index (κ2) is 11.1. The predicted molar refractivity (Wildman–Crippen MR) is 129 cm³/mol. The maximum atomic E-state index is 12.7. The third-order valence-corrected chi connectivity index (χ3v) is 6.64. The Balaban J connectivity index is 1.64. The number of rotatable bonds is 9. The van der Waals surface area contributed by atoms with Gasteiger partial charge in [-0.3, -0.25) is 4.79 Å². The molecule has 0 heterocycles. The summed E-state index contributed by atoms with van der Waals surface area (Å²) in [4.78, 5) is 24.1. The van der Waals surface area contributed by atoms with Gasteiger partial charge >= 0.3 is 5.97 Å². The number of anilines is 1. The third kappa shape index (κ3) is 6.34. The molecule has 0 aromatic heterocycles. The van der Waals surface area contributed by atoms with Crippen molar-refractivity contribution in [2.75, 3.05) is 19.0 Å². The summed E-state index contributed by atoms with van der Waals surface area (Å²) in [6.07, 6.45) is 0. The number of para-hydroxylation sites is 1. The molecular weight excluding hydrogens is 480 g/mol. The standard InChI is InChI=1S/C24H23ClN2O6S/c1-16(17-8-4-3-5-9-17)27-34(30,31)18-12-13-22(20(25)14-18)33-15-23(28)26-21-11-7-6-10-19(21)24(29)32-2/h3-14,16,27H,15H2,1-2H3,(H,26,28)/t16-/m0/s1. The molecule has 0 bridgehead atoms. The Bertz CT molecular complexity index is 1280. The van der Waals surface area contributed by atoms with Crippen molar-refractivity contribution in [1.82, 2.24) is 4.72 Å². The summed E-state index contributed by atoms with van der Waals surface area (Å²) in [5.74, 6) is -0.998. The van der Waals surface area contributed by atoms with Gasteiger partial charge in [0.2, 0.25) is 10.0 Å². The molecule has 3 aromatic rings. The zero-order valence-electron chi connectivity index (χ0n) is 18.4. The molecule has 3 rings (SSSR count). The van der Waals surface area contributed by atoms with Gasteiger partial charge in [-0.2, -0.15) is 0 Å². The Hall–Kier alpha value is -3.40. The lowest BCUT2D eigenvalue weighted by Crippen LogP contribution is -2.27. The third-order valence-electron chi connectivity index (χ3n) is 4.81. The van der Waals surface area contributed by atoms with Crippen LogP contribution in [0.3, 0.4) is 0 Å². The smallest absolute Gasteiger partial charge is 0.339 e. The largest absolute Gasteiger partial charge is 0.482 e. The molecule has 10 heteroatoms. The minimum atomic E-state index is -3.85. The van der Waals surface area contributed by atoms with E-state index in [-0.39, 0.29) is 26.9 Å². The Kier molecular flexibility index (Phi) is 8.27. The fourth-order valence-electron chi connectivity index (χ4n) is 3.09. The second-order valence-corrected chi connectivity index (χ2v) is 9.34. The molecule has 1 amide bonds. The van der Waals surface area contributed by atoms with Crippen molar-refractivity contribution in [3.8, 4) is 5.75 Å². The maximum Gasteiger partial charge on any atom is 0.339 e. The average Bonchev–Trinajstić information content (AvgIpc) is 2.83. The van der Waals surface area contributed by atoms with Crippen molar-refractivity contribution >= 4 is 39.2 Å². The normalized spacial score (nSPS) is 12.0. The summed E-state index contributed by atoms with van der Waals surface area (Å²) >= 11 is 6.21. The summed E-state index contributed by atoms with van der Waals surface area (Å²) in [6, 6.07) is 19.0. The fourth-order valence-corrected chi connectivity index (χ4v) is 4.64. The van der Waals surface area contributed by atoms with Crippen LogP contribution in [0.15, 0.2) is 77.7 Å². The highest BCUT2D eigenvalue weighted by atomic mass is 35.5. The van der Waals surface area contributed by atoms with Gasteiger partial charge in [0.05, 0.1) is 28.3 Å². The number of hydrogen-bond acceptors (Lipinski definition) is 6. The first kappa shape index (κ1) is 25.2. The van der Waals surface area contributed by atoms with Gasteiger partial charge in [-0.15, -0.1) is 0 Å². The van der Waals surface area contributed by atoms with Crippen LogP contribution in [0.1, 0.15) is 28.9 Å². The predicted octanol–water partition coefficient (Wildman–Crippen LogP) is 4.18. The van der Waals surface area contributed by atoms with Gasteiger partial charge in [-0.25, -0.2) is 17.9 Å².